The Bertz CT molecular complexity index is 443. The van der Waals surface area contributed by atoms with Crippen molar-refractivity contribution in [1.29, 1.82) is 5.26 Å². The van der Waals surface area contributed by atoms with Gasteiger partial charge in [-0.15, -0.1) is 0 Å². The summed E-state index contributed by atoms with van der Waals surface area (Å²) in [5.74, 6) is 1.21. The molecular formula is C15H22N2O3. The molecule has 5 heteroatoms. The number of hydrogen-bond acceptors (Lipinski definition) is 5. The fraction of sp³-hybridized carbons (Fsp3) is 0.533. The number of nitrogens with one attached hydrogen (secondary N) is 1. The molecule has 1 unspecified atom stereocenters. The van der Waals surface area contributed by atoms with Crippen molar-refractivity contribution in [2.45, 2.75) is 32.4 Å². The van der Waals surface area contributed by atoms with E-state index in [1.165, 1.54) is 0 Å². The molecule has 0 aliphatic heterocycles. The number of ether oxygens (including phenoxy) is 2. The van der Waals surface area contributed by atoms with E-state index in [0.29, 0.717) is 24.5 Å². The quantitative estimate of drug-likeness (QED) is 0.721. The third-order valence-electron chi connectivity index (χ3n) is 2.87. The first-order valence-electron chi connectivity index (χ1n) is 6.78. The topological polar surface area (TPSA) is 74.5 Å². The van der Waals surface area contributed by atoms with Gasteiger partial charge in [0.15, 0.2) is 11.5 Å². The van der Waals surface area contributed by atoms with Crippen molar-refractivity contribution in [3.05, 3.63) is 23.8 Å². The summed E-state index contributed by atoms with van der Waals surface area (Å²) in [6, 6.07) is 7.32. The summed E-state index contributed by atoms with van der Waals surface area (Å²) in [5.41, 5.74) is 0.772. The zero-order valence-corrected chi connectivity index (χ0v) is 12.1. The minimum absolute atomic E-state index is 0.0336. The van der Waals surface area contributed by atoms with Gasteiger partial charge in [0.05, 0.1) is 32.4 Å². The average Bonchev–Trinajstić information content (AvgIpc) is 2.50. The van der Waals surface area contributed by atoms with Crippen LogP contribution < -0.4 is 14.8 Å². The summed E-state index contributed by atoms with van der Waals surface area (Å²) in [6.45, 7) is 3.29. The number of aliphatic hydroxyl groups is 1. The number of nitrogens with zero attached hydrogens (tertiary/aromatic N) is 1. The lowest BCUT2D eigenvalue weighted by Gasteiger charge is -2.14. The van der Waals surface area contributed by atoms with Crippen molar-refractivity contribution in [1.82, 2.24) is 5.32 Å². The average molecular weight is 278 g/mol. The van der Waals surface area contributed by atoms with Crippen LogP contribution in [0.15, 0.2) is 18.2 Å². The molecule has 0 aliphatic carbocycles. The van der Waals surface area contributed by atoms with Crippen LogP contribution in [0.3, 0.4) is 0 Å². The summed E-state index contributed by atoms with van der Waals surface area (Å²) in [4.78, 5) is 0. The van der Waals surface area contributed by atoms with Gasteiger partial charge in [-0.3, -0.25) is 0 Å². The highest BCUT2D eigenvalue weighted by Crippen LogP contribution is 2.28. The van der Waals surface area contributed by atoms with E-state index in [4.69, 9.17) is 19.8 Å². The van der Waals surface area contributed by atoms with Crippen LogP contribution in [0.1, 0.15) is 25.3 Å². The Labute approximate surface area is 120 Å². The van der Waals surface area contributed by atoms with Gasteiger partial charge < -0.3 is 19.9 Å². The van der Waals surface area contributed by atoms with Crippen LogP contribution in [0.25, 0.3) is 0 Å². The monoisotopic (exact) mass is 278 g/mol. The number of methoxy groups -OCH3 is 1. The first-order chi connectivity index (χ1) is 9.74. The fourth-order valence-electron chi connectivity index (χ4n) is 1.75. The maximum Gasteiger partial charge on any atom is 0.161 e. The number of rotatable bonds is 9. The van der Waals surface area contributed by atoms with Crippen LogP contribution in [-0.4, -0.2) is 31.4 Å². The van der Waals surface area contributed by atoms with Gasteiger partial charge in [-0.1, -0.05) is 13.0 Å². The lowest BCUT2D eigenvalue weighted by Crippen LogP contribution is -2.29. The summed E-state index contributed by atoms with van der Waals surface area (Å²) in [6.07, 6.45) is 1.61. The second-order valence-electron chi connectivity index (χ2n) is 4.42. The zero-order chi connectivity index (χ0) is 14.8. The van der Waals surface area contributed by atoms with Gasteiger partial charge in [0, 0.05) is 6.42 Å². The minimum atomic E-state index is -0.197. The molecule has 0 saturated carbocycles. The molecule has 0 heterocycles. The molecule has 0 aliphatic rings. The molecule has 0 saturated heterocycles. The lowest BCUT2D eigenvalue weighted by molar-refractivity contribution is 0.272. The molecular weight excluding hydrogens is 256 g/mol. The van der Waals surface area contributed by atoms with Gasteiger partial charge in [0.2, 0.25) is 0 Å². The zero-order valence-electron chi connectivity index (χ0n) is 12.1. The molecule has 110 valence electrons. The van der Waals surface area contributed by atoms with Gasteiger partial charge in [-0.2, -0.15) is 5.26 Å². The van der Waals surface area contributed by atoms with E-state index in [9.17, 15) is 0 Å². The highest BCUT2D eigenvalue weighted by Gasteiger charge is 2.09. The number of benzene rings is 1. The van der Waals surface area contributed by atoms with Gasteiger partial charge in [-0.05, 0) is 30.7 Å². The number of nitriles is 1. The Morgan fingerprint density at radius 3 is 2.80 bits per heavy atom. The third-order valence-corrected chi connectivity index (χ3v) is 2.87. The van der Waals surface area contributed by atoms with E-state index in [1.807, 2.05) is 0 Å². The first-order valence-corrected chi connectivity index (χ1v) is 6.78. The van der Waals surface area contributed by atoms with Crippen molar-refractivity contribution < 1.29 is 14.6 Å². The Morgan fingerprint density at radius 2 is 2.20 bits per heavy atom. The summed E-state index contributed by atoms with van der Waals surface area (Å²) in [5, 5.41) is 21.2. The molecule has 5 nitrogen and oxygen atoms in total. The third kappa shape index (κ3) is 5.08. The molecule has 2 N–H and O–H groups in total. The molecule has 0 spiro atoms. The van der Waals surface area contributed by atoms with Crippen molar-refractivity contribution in [2.75, 3.05) is 20.3 Å². The number of hydrogen-bond donors (Lipinski definition) is 2. The van der Waals surface area contributed by atoms with Gasteiger partial charge in [0.25, 0.3) is 0 Å². The second kappa shape index (κ2) is 9.18. The predicted octanol–water partition coefficient (Wildman–Crippen LogP) is 1.85. The van der Waals surface area contributed by atoms with Gasteiger partial charge >= 0.3 is 0 Å². The van der Waals surface area contributed by atoms with E-state index < -0.39 is 0 Å². The van der Waals surface area contributed by atoms with E-state index in [2.05, 4.69) is 18.3 Å². The Balaban J connectivity index is 2.51. The molecule has 0 amide bonds. The molecule has 1 rings (SSSR count). The Morgan fingerprint density at radius 1 is 1.40 bits per heavy atom. The minimum Gasteiger partial charge on any atom is -0.493 e. The van der Waals surface area contributed by atoms with Crippen LogP contribution in [0.5, 0.6) is 11.5 Å². The summed E-state index contributed by atoms with van der Waals surface area (Å²) in [7, 11) is 1.56. The van der Waals surface area contributed by atoms with Crippen molar-refractivity contribution in [2.24, 2.45) is 0 Å². The standard InChI is InChI=1S/C15H22N2O3/c1-3-7-17-13(10-16)6-8-20-14-5-4-12(11-18)9-15(14)19-2/h4-5,9,13,17-18H,3,6-8,11H2,1-2H3. The summed E-state index contributed by atoms with van der Waals surface area (Å²) >= 11 is 0. The molecule has 0 radical (unpaired) electrons. The Hall–Kier alpha value is -1.77. The van der Waals surface area contributed by atoms with Gasteiger partial charge in [-0.25, -0.2) is 0 Å². The smallest absolute Gasteiger partial charge is 0.161 e. The van der Waals surface area contributed by atoms with E-state index in [1.54, 1.807) is 25.3 Å². The molecule has 1 aromatic carbocycles. The predicted molar refractivity (Wildman–Crippen MR) is 76.7 cm³/mol. The molecule has 1 aromatic rings. The molecule has 1 atom stereocenters. The maximum absolute atomic E-state index is 9.07. The van der Waals surface area contributed by atoms with Crippen molar-refractivity contribution in [3.8, 4) is 17.6 Å². The maximum atomic E-state index is 9.07. The molecule has 0 fully saturated rings. The van der Waals surface area contributed by atoms with Crippen LogP contribution >= 0.6 is 0 Å². The van der Waals surface area contributed by atoms with E-state index in [-0.39, 0.29) is 12.6 Å². The highest BCUT2D eigenvalue weighted by atomic mass is 16.5. The fourth-order valence-corrected chi connectivity index (χ4v) is 1.75. The van der Waals surface area contributed by atoms with Crippen LogP contribution in [0.2, 0.25) is 0 Å². The normalized spacial score (nSPS) is 11.7. The summed E-state index contributed by atoms with van der Waals surface area (Å²) < 4.78 is 10.9. The first kappa shape index (κ1) is 16.3. The van der Waals surface area contributed by atoms with Crippen LogP contribution in [-0.2, 0) is 6.61 Å². The largest absolute Gasteiger partial charge is 0.493 e. The lowest BCUT2D eigenvalue weighted by atomic mass is 10.2. The van der Waals surface area contributed by atoms with Crippen LogP contribution in [0.4, 0.5) is 0 Å². The molecule has 0 aromatic heterocycles. The van der Waals surface area contributed by atoms with E-state index >= 15 is 0 Å². The second-order valence-corrected chi connectivity index (χ2v) is 4.42. The van der Waals surface area contributed by atoms with Crippen LogP contribution in [0, 0.1) is 11.3 Å². The molecule has 0 bridgehead atoms. The molecule has 20 heavy (non-hydrogen) atoms. The van der Waals surface area contributed by atoms with Crippen molar-refractivity contribution in [3.63, 3.8) is 0 Å². The van der Waals surface area contributed by atoms with Crippen molar-refractivity contribution >= 4 is 0 Å². The van der Waals surface area contributed by atoms with Gasteiger partial charge in [0.1, 0.15) is 0 Å². The highest BCUT2D eigenvalue weighted by molar-refractivity contribution is 5.42. The SMILES string of the molecule is CCCNC(C#N)CCOc1ccc(CO)cc1OC. The van der Waals surface area contributed by atoms with E-state index in [0.717, 1.165) is 18.5 Å². The Kier molecular flexibility index (Phi) is 7.48. The number of aliphatic hydroxyl groups excluding tert-OH is 1.